The van der Waals surface area contributed by atoms with Gasteiger partial charge in [0.15, 0.2) is 0 Å². The molecular weight excluding hydrogens is 346 g/mol. The van der Waals surface area contributed by atoms with Crippen LogP contribution >= 0.6 is 15.9 Å². The Balaban J connectivity index is 1.91. The molecule has 1 atom stereocenters. The van der Waals surface area contributed by atoms with E-state index in [1.807, 2.05) is 18.2 Å². The van der Waals surface area contributed by atoms with Gasteiger partial charge in [0.1, 0.15) is 11.0 Å². The van der Waals surface area contributed by atoms with Crippen LogP contribution in [0.15, 0.2) is 41.3 Å². The zero-order valence-electron chi connectivity index (χ0n) is 12.0. The van der Waals surface area contributed by atoms with Gasteiger partial charge in [0, 0.05) is 11.4 Å². The normalized spacial score (nSPS) is 18.0. The van der Waals surface area contributed by atoms with Gasteiger partial charge < -0.3 is 0 Å². The molecule has 2 nitrogen and oxygen atoms in total. The second-order valence-electron chi connectivity index (χ2n) is 5.62. The Kier molecular flexibility index (Phi) is 5.09. The van der Waals surface area contributed by atoms with Crippen molar-refractivity contribution in [3.8, 4) is 0 Å². The summed E-state index contributed by atoms with van der Waals surface area (Å²) in [5, 5.41) is 3.10. The number of hydrogen-bond acceptors (Lipinski definition) is 1. The van der Waals surface area contributed by atoms with Crippen molar-refractivity contribution in [3.63, 3.8) is 0 Å². The third-order valence-electron chi connectivity index (χ3n) is 4.20. The van der Waals surface area contributed by atoms with Crippen molar-refractivity contribution in [1.82, 2.24) is 4.72 Å². The van der Waals surface area contributed by atoms with Crippen molar-refractivity contribution < 1.29 is 4.21 Å². The van der Waals surface area contributed by atoms with E-state index in [4.69, 9.17) is 0 Å². The first-order chi connectivity index (χ1) is 10.3. The van der Waals surface area contributed by atoms with Gasteiger partial charge in [-0.1, -0.05) is 65.5 Å². The quantitative estimate of drug-likeness (QED) is 0.783. The average Bonchev–Trinajstić information content (AvgIpc) is 2.54. The summed E-state index contributed by atoms with van der Waals surface area (Å²) in [4.78, 5) is 0.904. The molecule has 0 aromatic heterocycles. The molecule has 21 heavy (non-hydrogen) atoms. The first-order valence-electron chi connectivity index (χ1n) is 7.54. The third kappa shape index (κ3) is 3.38. The maximum Gasteiger partial charge on any atom is 0.125 e. The Labute approximate surface area is 137 Å². The van der Waals surface area contributed by atoms with Gasteiger partial charge in [-0.2, -0.15) is 0 Å². The van der Waals surface area contributed by atoms with Crippen LogP contribution in [0, 0.1) is 0 Å². The molecule has 1 aliphatic carbocycles. The molecule has 0 saturated heterocycles. The topological polar surface area (TPSA) is 29.1 Å². The summed E-state index contributed by atoms with van der Waals surface area (Å²) in [7, 11) is -1.13. The van der Waals surface area contributed by atoms with Crippen molar-refractivity contribution in [3.05, 3.63) is 42.0 Å². The minimum Gasteiger partial charge on any atom is -0.237 e. The Morgan fingerprint density at radius 2 is 1.76 bits per heavy atom. The molecule has 1 saturated carbocycles. The van der Waals surface area contributed by atoms with Gasteiger partial charge in [-0.3, -0.25) is 0 Å². The SMILES string of the molecule is O=S(NC1CCCCC1)c1ccc(CBr)c2ccccc12. The number of benzene rings is 2. The van der Waals surface area contributed by atoms with Crippen LogP contribution in [0.1, 0.15) is 37.7 Å². The van der Waals surface area contributed by atoms with E-state index in [1.54, 1.807) is 0 Å². The molecule has 2 aromatic carbocycles. The zero-order valence-corrected chi connectivity index (χ0v) is 14.4. The van der Waals surface area contributed by atoms with Crippen LogP contribution in [-0.2, 0) is 16.3 Å². The molecule has 0 spiro atoms. The fourth-order valence-corrected chi connectivity index (χ4v) is 4.77. The predicted octanol–water partition coefficient (Wildman–Crippen LogP) is 4.68. The van der Waals surface area contributed by atoms with E-state index >= 15 is 0 Å². The summed E-state index contributed by atoms with van der Waals surface area (Å²) in [6, 6.07) is 12.7. The fraction of sp³-hybridized carbons (Fsp3) is 0.412. The zero-order chi connectivity index (χ0) is 14.7. The minimum atomic E-state index is -1.13. The molecule has 1 aliphatic rings. The van der Waals surface area contributed by atoms with Gasteiger partial charge in [0.05, 0.1) is 4.90 Å². The van der Waals surface area contributed by atoms with Crippen molar-refractivity contribution in [2.45, 2.75) is 48.4 Å². The van der Waals surface area contributed by atoms with Crippen LogP contribution in [0.2, 0.25) is 0 Å². The second kappa shape index (κ2) is 7.03. The number of fused-ring (bicyclic) bond motifs is 1. The van der Waals surface area contributed by atoms with E-state index in [2.05, 4.69) is 38.9 Å². The van der Waals surface area contributed by atoms with E-state index in [9.17, 15) is 4.21 Å². The van der Waals surface area contributed by atoms with E-state index in [0.29, 0.717) is 6.04 Å². The minimum absolute atomic E-state index is 0.397. The van der Waals surface area contributed by atoms with Crippen molar-refractivity contribution in [1.29, 1.82) is 0 Å². The highest BCUT2D eigenvalue weighted by molar-refractivity contribution is 9.08. The molecule has 1 fully saturated rings. The standard InChI is InChI=1S/C17H20BrNOS/c18-12-13-10-11-17(16-9-5-4-8-15(13)16)21(20)19-14-6-2-1-3-7-14/h4-5,8-11,14,19H,1-3,6-7,12H2. The second-order valence-corrected chi connectivity index (χ2v) is 7.40. The van der Waals surface area contributed by atoms with Crippen LogP contribution in [0.4, 0.5) is 0 Å². The molecule has 4 heteroatoms. The summed E-state index contributed by atoms with van der Waals surface area (Å²) in [6.07, 6.45) is 6.09. The first kappa shape index (κ1) is 15.2. The summed E-state index contributed by atoms with van der Waals surface area (Å²) in [5.41, 5.74) is 1.24. The number of alkyl halides is 1. The molecule has 1 N–H and O–H groups in total. The summed E-state index contributed by atoms with van der Waals surface area (Å²) in [6.45, 7) is 0. The monoisotopic (exact) mass is 365 g/mol. The Bertz CT molecular complexity index is 652. The molecular formula is C17H20BrNOS. The lowest BCUT2D eigenvalue weighted by Gasteiger charge is -2.22. The highest BCUT2D eigenvalue weighted by Gasteiger charge is 2.18. The Morgan fingerprint density at radius 3 is 2.48 bits per heavy atom. The molecule has 1 unspecified atom stereocenters. The summed E-state index contributed by atoms with van der Waals surface area (Å²) >= 11 is 3.53. The molecule has 0 amide bonds. The van der Waals surface area contributed by atoms with Gasteiger partial charge in [0.25, 0.3) is 0 Å². The van der Waals surface area contributed by atoms with E-state index in [-0.39, 0.29) is 0 Å². The van der Waals surface area contributed by atoms with Gasteiger partial charge >= 0.3 is 0 Å². The van der Waals surface area contributed by atoms with Crippen LogP contribution in [0.3, 0.4) is 0 Å². The van der Waals surface area contributed by atoms with Crippen molar-refractivity contribution in [2.75, 3.05) is 0 Å². The molecule has 0 radical (unpaired) electrons. The van der Waals surface area contributed by atoms with Crippen LogP contribution < -0.4 is 4.72 Å². The lowest BCUT2D eigenvalue weighted by atomic mass is 9.96. The maximum atomic E-state index is 12.7. The highest BCUT2D eigenvalue weighted by Crippen LogP contribution is 2.27. The molecule has 0 heterocycles. The molecule has 0 aliphatic heterocycles. The van der Waals surface area contributed by atoms with Gasteiger partial charge in [-0.05, 0) is 35.2 Å². The lowest BCUT2D eigenvalue weighted by Crippen LogP contribution is -2.32. The van der Waals surface area contributed by atoms with Crippen LogP contribution in [0.5, 0.6) is 0 Å². The largest absolute Gasteiger partial charge is 0.237 e. The number of hydrogen-bond donors (Lipinski definition) is 1. The van der Waals surface area contributed by atoms with E-state index < -0.39 is 11.0 Å². The number of halogens is 1. The Hall–Kier alpha value is -0.710. The predicted molar refractivity (Wildman–Crippen MR) is 93.0 cm³/mol. The van der Waals surface area contributed by atoms with Gasteiger partial charge in [-0.25, -0.2) is 8.93 Å². The maximum absolute atomic E-state index is 12.7. The number of rotatable bonds is 4. The van der Waals surface area contributed by atoms with Crippen LogP contribution in [0.25, 0.3) is 10.8 Å². The number of nitrogens with one attached hydrogen (secondary N) is 1. The highest BCUT2D eigenvalue weighted by atomic mass is 79.9. The fourth-order valence-electron chi connectivity index (χ4n) is 3.05. The smallest absolute Gasteiger partial charge is 0.125 e. The molecule has 3 rings (SSSR count). The van der Waals surface area contributed by atoms with Gasteiger partial charge in [0.2, 0.25) is 0 Å². The van der Waals surface area contributed by atoms with Crippen molar-refractivity contribution in [2.24, 2.45) is 0 Å². The van der Waals surface area contributed by atoms with Gasteiger partial charge in [-0.15, -0.1) is 0 Å². The van der Waals surface area contributed by atoms with Crippen LogP contribution in [-0.4, -0.2) is 10.3 Å². The first-order valence-corrected chi connectivity index (χ1v) is 9.81. The summed E-state index contributed by atoms with van der Waals surface area (Å²) in [5.74, 6) is 0. The van der Waals surface area contributed by atoms with Crippen molar-refractivity contribution >= 4 is 37.7 Å². The molecule has 2 aromatic rings. The average molecular weight is 366 g/mol. The van der Waals surface area contributed by atoms with E-state index in [0.717, 1.165) is 28.5 Å². The van der Waals surface area contributed by atoms with E-state index in [1.165, 1.54) is 30.2 Å². The molecule has 0 bridgehead atoms. The summed E-state index contributed by atoms with van der Waals surface area (Å²) < 4.78 is 16.0. The Morgan fingerprint density at radius 1 is 1.05 bits per heavy atom. The third-order valence-corrected chi connectivity index (χ3v) is 6.10. The lowest BCUT2D eigenvalue weighted by molar-refractivity contribution is 0.419. The molecule has 112 valence electrons.